The van der Waals surface area contributed by atoms with Crippen LogP contribution < -0.4 is 10.5 Å². The monoisotopic (exact) mass is 302 g/mol. The lowest BCUT2D eigenvalue weighted by molar-refractivity contribution is 0.0470. The second-order valence-electron chi connectivity index (χ2n) is 4.85. The van der Waals surface area contributed by atoms with E-state index in [1.54, 1.807) is 18.5 Å². The zero-order valence-corrected chi connectivity index (χ0v) is 11.8. The Balaban J connectivity index is 1.74. The molecular formula is C15H15FN4O2. The molecule has 1 aliphatic rings. The first-order chi connectivity index (χ1) is 10.8. The summed E-state index contributed by atoms with van der Waals surface area (Å²) in [5.74, 6) is -0.119. The van der Waals surface area contributed by atoms with Crippen LogP contribution in [0.4, 0.5) is 4.39 Å². The molecule has 1 atom stereocenters. The van der Waals surface area contributed by atoms with E-state index in [9.17, 15) is 4.39 Å². The minimum Gasteiger partial charge on any atom is -0.487 e. The summed E-state index contributed by atoms with van der Waals surface area (Å²) < 4.78 is 19.1. The molecule has 0 bridgehead atoms. The third-order valence-corrected chi connectivity index (χ3v) is 3.21. The van der Waals surface area contributed by atoms with Crippen LogP contribution in [0.1, 0.15) is 6.42 Å². The summed E-state index contributed by atoms with van der Waals surface area (Å²) in [4.78, 5) is 13.3. The van der Waals surface area contributed by atoms with Crippen molar-refractivity contribution in [3.05, 3.63) is 42.6 Å². The second-order valence-corrected chi connectivity index (χ2v) is 4.85. The van der Waals surface area contributed by atoms with Gasteiger partial charge in [-0.25, -0.2) is 9.37 Å². The lowest BCUT2D eigenvalue weighted by Crippen LogP contribution is -2.21. The molecule has 0 saturated heterocycles. The van der Waals surface area contributed by atoms with E-state index in [2.05, 4.69) is 15.1 Å². The number of hydrogen-bond donors (Lipinski definition) is 1. The fourth-order valence-corrected chi connectivity index (χ4v) is 2.13. The van der Waals surface area contributed by atoms with E-state index in [1.807, 2.05) is 6.07 Å². The Morgan fingerprint density at radius 3 is 3.05 bits per heavy atom. The first-order valence-electron chi connectivity index (χ1n) is 6.86. The average Bonchev–Trinajstić information content (AvgIpc) is 3.02. The van der Waals surface area contributed by atoms with Crippen LogP contribution in [-0.4, -0.2) is 34.9 Å². The van der Waals surface area contributed by atoms with Crippen LogP contribution in [0.3, 0.4) is 0 Å². The minimum absolute atomic E-state index is 0.219. The SMILES string of the molecule is NCC1=NOC(COc2cc(F)cnc2-c2cccnc2)C1. The number of rotatable bonds is 5. The van der Waals surface area contributed by atoms with Crippen LogP contribution in [0.25, 0.3) is 11.3 Å². The van der Waals surface area contributed by atoms with Crippen molar-refractivity contribution < 1.29 is 14.0 Å². The molecule has 0 amide bonds. The maximum atomic E-state index is 13.5. The molecule has 2 aromatic heterocycles. The van der Waals surface area contributed by atoms with Crippen molar-refractivity contribution in [2.24, 2.45) is 10.9 Å². The van der Waals surface area contributed by atoms with Gasteiger partial charge in [0.05, 0.1) is 11.9 Å². The molecule has 1 unspecified atom stereocenters. The normalized spacial score (nSPS) is 17.0. The largest absolute Gasteiger partial charge is 0.487 e. The van der Waals surface area contributed by atoms with Crippen LogP contribution in [0.2, 0.25) is 0 Å². The highest BCUT2D eigenvalue weighted by molar-refractivity contribution is 5.87. The standard InChI is InChI=1S/C15H15FN4O2/c16-11-4-14(21-9-13-5-12(6-17)20-22-13)15(19-8-11)10-2-1-3-18-7-10/h1-4,7-8,13H,5-6,9,17H2. The molecular weight excluding hydrogens is 287 g/mol. The van der Waals surface area contributed by atoms with Crippen LogP contribution in [-0.2, 0) is 4.84 Å². The zero-order valence-electron chi connectivity index (χ0n) is 11.8. The van der Waals surface area contributed by atoms with E-state index in [-0.39, 0.29) is 12.7 Å². The molecule has 2 aromatic rings. The highest BCUT2D eigenvalue weighted by Crippen LogP contribution is 2.28. The highest BCUT2D eigenvalue weighted by atomic mass is 19.1. The van der Waals surface area contributed by atoms with Crippen molar-refractivity contribution in [2.45, 2.75) is 12.5 Å². The minimum atomic E-state index is -0.464. The maximum Gasteiger partial charge on any atom is 0.166 e. The van der Waals surface area contributed by atoms with Crippen LogP contribution in [0.5, 0.6) is 5.75 Å². The second kappa shape index (κ2) is 6.48. The van der Waals surface area contributed by atoms with Crippen molar-refractivity contribution in [3.63, 3.8) is 0 Å². The molecule has 22 heavy (non-hydrogen) atoms. The average molecular weight is 302 g/mol. The maximum absolute atomic E-state index is 13.5. The van der Waals surface area contributed by atoms with Gasteiger partial charge in [0.25, 0.3) is 0 Å². The van der Waals surface area contributed by atoms with E-state index >= 15 is 0 Å². The predicted molar refractivity (Wildman–Crippen MR) is 78.9 cm³/mol. The van der Waals surface area contributed by atoms with Gasteiger partial charge in [-0.3, -0.25) is 4.98 Å². The van der Waals surface area contributed by atoms with Crippen molar-refractivity contribution >= 4 is 5.71 Å². The molecule has 3 heterocycles. The first kappa shape index (κ1) is 14.4. The van der Waals surface area contributed by atoms with Crippen molar-refractivity contribution in [3.8, 4) is 17.0 Å². The fourth-order valence-electron chi connectivity index (χ4n) is 2.13. The van der Waals surface area contributed by atoms with E-state index in [0.717, 1.165) is 17.5 Å². The number of nitrogens with two attached hydrogens (primary N) is 1. The smallest absolute Gasteiger partial charge is 0.166 e. The lowest BCUT2D eigenvalue weighted by Gasteiger charge is -2.13. The Kier molecular flexibility index (Phi) is 4.24. The summed E-state index contributed by atoms with van der Waals surface area (Å²) in [6.45, 7) is 0.602. The van der Waals surface area contributed by atoms with E-state index < -0.39 is 5.82 Å². The molecule has 7 heteroatoms. The molecule has 0 fully saturated rings. The molecule has 0 radical (unpaired) electrons. The molecule has 114 valence electrons. The summed E-state index contributed by atoms with van der Waals surface area (Å²) >= 11 is 0. The Bertz CT molecular complexity index is 678. The van der Waals surface area contributed by atoms with Crippen LogP contribution in [0.15, 0.2) is 41.9 Å². The van der Waals surface area contributed by atoms with Crippen molar-refractivity contribution in [2.75, 3.05) is 13.2 Å². The Hall–Kier alpha value is -2.54. The zero-order chi connectivity index (χ0) is 15.4. The number of hydrogen-bond acceptors (Lipinski definition) is 6. The molecule has 0 aliphatic carbocycles. The van der Waals surface area contributed by atoms with Gasteiger partial charge in [-0.15, -0.1) is 0 Å². The Labute approximate surface area is 126 Å². The molecule has 6 nitrogen and oxygen atoms in total. The first-order valence-corrected chi connectivity index (χ1v) is 6.86. The van der Waals surface area contributed by atoms with Gasteiger partial charge in [-0.1, -0.05) is 5.16 Å². The van der Waals surface area contributed by atoms with Gasteiger partial charge in [0.1, 0.15) is 23.9 Å². The summed E-state index contributed by atoms with van der Waals surface area (Å²) in [5.41, 5.74) is 7.58. The van der Waals surface area contributed by atoms with Gasteiger partial charge in [0, 0.05) is 37.0 Å². The quantitative estimate of drug-likeness (QED) is 0.910. The van der Waals surface area contributed by atoms with Crippen molar-refractivity contribution in [1.82, 2.24) is 9.97 Å². The molecule has 2 N–H and O–H groups in total. The highest BCUT2D eigenvalue weighted by Gasteiger charge is 2.21. The van der Waals surface area contributed by atoms with Gasteiger partial charge in [-0.2, -0.15) is 0 Å². The predicted octanol–water partition coefficient (Wildman–Crippen LogP) is 1.77. The number of pyridine rings is 2. The number of ether oxygens (including phenoxy) is 1. The van der Waals surface area contributed by atoms with Gasteiger partial charge in [0.15, 0.2) is 6.10 Å². The third kappa shape index (κ3) is 3.20. The van der Waals surface area contributed by atoms with Gasteiger partial charge in [-0.05, 0) is 12.1 Å². The van der Waals surface area contributed by atoms with Crippen molar-refractivity contribution in [1.29, 1.82) is 0 Å². The van der Waals surface area contributed by atoms with Gasteiger partial charge < -0.3 is 15.3 Å². The summed E-state index contributed by atoms with van der Waals surface area (Å²) in [5, 5.41) is 3.86. The van der Waals surface area contributed by atoms with Crippen LogP contribution in [0, 0.1) is 5.82 Å². The molecule has 0 spiro atoms. The molecule has 1 aliphatic heterocycles. The molecule has 3 rings (SSSR count). The lowest BCUT2D eigenvalue weighted by atomic mass is 10.1. The van der Waals surface area contributed by atoms with E-state index in [0.29, 0.717) is 24.4 Å². The molecule has 0 aromatic carbocycles. The summed E-state index contributed by atoms with van der Waals surface area (Å²) in [6, 6.07) is 4.92. The Morgan fingerprint density at radius 1 is 1.41 bits per heavy atom. The molecule has 0 saturated carbocycles. The third-order valence-electron chi connectivity index (χ3n) is 3.21. The van der Waals surface area contributed by atoms with Gasteiger partial charge in [0.2, 0.25) is 0 Å². The summed E-state index contributed by atoms with van der Waals surface area (Å²) in [7, 11) is 0. The number of oxime groups is 1. The van der Waals surface area contributed by atoms with E-state index in [4.69, 9.17) is 15.3 Å². The van der Waals surface area contributed by atoms with Gasteiger partial charge >= 0.3 is 0 Å². The van der Waals surface area contributed by atoms with Crippen LogP contribution >= 0.6 is 0 Å². The Morgan fingerprint density at radius 2 is 2.32 bits per heavy atom. The summed E-state index contributed by atoms with van der Waals surface area (Å²) in [6.07, 6.45) is 4.85. The topological polar surface area (TPSA) is 82.6 Å². The number of halogens is 1. The fraction of sp³-hybridized carbons (Fsp3) is 0.267. The number of nitrogens with zero attached hydrogens (tertiary/aromatic N) is 3. The van der Waals surface area contributed by atoms with E-state index in [1.165, 1.54) is 6.07 Å². The number of aromatic nitrogens is 2.